The van der Waals surface area contributed by atoms with Gasteiger partial charge in [0.2, 0.25) is 0 Å². The maximum Gasteiger partial charge on any atom is 2.00 e. The Labute approximate surface area is 316 Å². The SMILES string of the molecule is [Pt+2].[c-]1c(N(c2[c-]c3c(cc2)c2ccccc2n3-c2ccccn2)c2ccnc3c2oc2cccnc23)ccc2c3ccccc3n(-c3ccccn3)c12. The minimum absolute atomic E-state index is 0. The first kappa shape index (κ1) is 31.1. The van der Waals surface area contributed by atoms with Crippen molar-refractivity contribution in [2.75, 3.05) is 4.90 Å². The van der Waals surface area contributed by atoms with Crippen molar-refractivity contribution in [3.8, 4) is 11.6 Å². The van der Waals surface area contributed by atoms with Crippen LogP contribution in [0.4, 0.5) is 17.1 Å². The van der Waals surface area contributed by atoms with Crippen LogP contribution < -0.4 is 4.90 Å². The van der Waals surface area contributed by atoms with E-state index < -0.39 is 0 Å². The number of para-hydroxylation sites is 2. The number of fused-ring (bicyclic) bond motifs is 9. The van der Waals surface area contributed by atoms with Gasteiger partial charge >= 0.3 is 21.1 Å². The monoisotopic (exact) mass is 862 g/mol. The predicted molar refractivity (Wildman–Crippen MR) is 206 cm³/mol. The summed E-state index contributed by atoms with van der Waals surface area (Å²) in [7, 11) is 0. The Morgan fingerprint density at radius 1 is 0.472 bits per heavy atom. The van der Waals surface area contributed by atoms with Gasteiger partial charge in [-0.15, -0.1) is 35.0 Å². The zero-order valence-corrected chi connectivity index (χ0v) is 30.1. The van der Waals surface area contributed by atoms with E-state index in [1.807, 2.05) is 67.0 Å². The van der Waals surface area contributed by atoms with Gasteiger partial charge in [0, 0.05) is 35.8 Å². The Hall–Kier alpha value is -6.63. The molecule has 0 amide bonds. The van der Waals surface area contributed by atoms with Crippen LogP contribution in [0.2, 0.25) is 0 Å². The molecular weight excluding hydrogens is 838 g/mol. The van der Waals surface area contributed by atoms with Gasteiger partial charge in [-0.25, -0.2) is 9.97 Å². The van der Waals surface area contributed by atoms with Crippen LogP contribution >= 0.6 is 0 Å². The number of hydrogen-bond donors (Lipinski definition) is 0. The number of rotatable bonds is 5. The van der Waals surface area contributed by atoms with Gasteiger partial charge in [0.15, 0.2) is 11.2 Å². The molecule has 53 heavy (non-hydrogen) atoms. The number of furan rings is 1. The van der Waals surface area contributed by atoms with E-state index in [4.69, 9.17) is 19.4 Å². The molecule has 11 rings (SSSR count). The average Bonchev–Trinajstić information content (AvgIpc) is 3.86. The largest absolute Gasteiger partial charge is 2.00 e. The Morgan fingerprint density at radius 2 is 1.02 bits per heavy atom. The van der Waals surface area contributed by atoms with Crippen LogP contribution in [0.5, 0.6) is 0 Å². The molecule has 7 heterocycles. The van der Waals surface area contributed by atoms with E-state index in [9.17, 15) is 0 Å². The Bertz CT molecular complexity index is 2990. The molecule has 0 unspecified atom stereocenters. The fourth-order valence-electron chi connectivity index (χ4n) is 7.51. The summed E-state index contributed by atoms with van der Waals surface area (Å²) in [4.78, 5) is 21.0. The first-order valence-electron chi connectivity index (χ1n) is 17.0. The molecule has 11 aromatic rings. The van der Waals surface area contributed by atoms with Crippen molar-refractivity contribution in [3.05, 3.63) is 164 Å². The Kier molecular flexibility index (Phi) is 7.20. The minimum atomic E-state index is 0. The maximum absolute atomic E-state index is 6.54. The second-order valence-corrected chi connectivity index (χ2v) is 12.6. The van der Waals surface area contributed by atoms with E-state index in [2.05, 4.69) is 104 Å². The van der Waals surface area contributed by atoms with E-state index in [1.54, 1.807) is 12.4 Å². The van der Waals surface area contributed by atoms with Gasteiger partial charge in [-0.05, 0) is 65.4 Å². The van der Waals surface area contributed by atoms with Crippen molar-refractivity contribution in [3.63, 3.8) is 0 Å². The molecule has 0 N–H and O–H groups in total. The molecule has 0 atom stereocenters. The van der Waals surface area contributed by atoms with Crippen molar-refractivity contribution >= 4 is 82.9 Å². The summed E-state index contributed by atoms with van der Waals surface area (Å²) in [5.41, 5.74) is 8.98. The van der Waals surface area contributed by atoms with Gasteiger partial charge in [-0.3, -0.25) is 9.97 Å². The van der Waals surface area contributed by atoms with E-state index >= 15 is 0 Å². The summed E-state index contributed by atoms with van der Waals surface area (Å²) in [6.07, 6.45) is 7.21. The molecule has 4 aromatic carbocycles. The fraction of sp³-hybridized carbons (Fsp3) is 0. The molecule has 0 spiro atoms. The standard InChI is InChI=1S/C44H25N7O.Pt/c1-3-12-34-30(10-1)32-19-17-28(26-37(32)50(34)40-15-5-7-22-45-40)49(36-21-25-48-43-42-39(52-44(36)43)14-9-24-47-42)29-18-20-33-31-11-2-4-13-35(31)51(38(33)27-29)41-16-6-8-23-46-41;/h1-25H;/q-2;+2. The first-order valence-corrected chi connectivity index (χ1v) is 17.0. The second kappa shape index (κ2) is 12.3. The van der Waals surface area contributed by atoms with E-state index in [0.29, 0.717) is 22.2 Å². The van der Waals surface area contributed by atoms with Crippen LogP contribution in [0, 0.1) is 12.1 Å². The van der Waals surface area contributed by atoms with Crippen LogP contribution in [0.1, 0.15) is 0 Å². The molecule has 8 nitrogen and oxygen atoms in total. The summed E-state index contributed by atoms with van der Waals surface area (Å²) in [6, 6.07) is 50.7. The van der Waals surface area contributed by atoms with Gasteiger partial charge in [-0.1, -0.05) is 70.9 Å². The zero-order chi connectivity index (χ0) is 34.2. The number of nitrogens with zero attached hydrogens (tertiary/aromatic N) is 7. The molecule has 7 aromatic heterocycles. The third-order valence-electron chi connectivity index (χ3n) is 9.71. The molecule has 0 aliphatic heterocycles. The van der Waals surface area contributed by atoms with Crippen LogP contribution in [0.25, 0.3) is 77.4 Å². The summed E-state index contributed by atoms with van der Waals surface area (Å²) in [6.45, 7) is 0. The van der Waals surface area contributed by atoms with Gasteiger partial charge < -0.3 is 18.5 Å². The predicted octanol–water partition coefficient (Wildman–Crippen LogP) is 10.4. The zero-order valence-electron chi connectivity index (χ0n) is 27.8. The third-order valence-corrected chi connectivity index (χ3v) is 9.71. The molecule has 0 radical (unpaired) electrons. The molecular formula is C44H25N7OPt. The van der Waals surface area contributed by atoms with Crippen molar-refractivity contribution in [1.82, 2.24) is 29.1 Å². The summed E-state index contributed by atoms with van der Waals surface area (Å²) >= 11 is 0. The number of hydrogen-bond acceptors (Lipinski definition) is 6. The first-order chi connectivity index (χ1) is 25.8. The van der Waals surface area contributed by atoms with Crippen LogP contribution in [-0.2, 0) is 21.1 Å². The number of aromatic nitrogens is 6. The normalized spacial score (nSPS) is 11.6. The van der Waals surface area contributed by atoms with Gasteiger partial charge in [0.25, 0.3) is 0 Å². The van der Waals surface area contributed by atoms with Crippen LogP contribution in [0.15, 0.2) is 157 Å². The average molecular weight is 863 g/mol. The van der Waals surface area contributed by atoms with Crippen molar-refractivity contribution in [2.24, 2.45) is 0 Å². The minimum Gasteiger partial charge on any atom is -0.450 e. The molecule has 0 bridgehead atoms. The van der Waals surface area contributed by atoms with Crippen LogP contribution in [0.3, 0.4) is 0 Å². The summed E-state index contributed by atoms with van der Waals surface area (Å²) in [5.74, 6) is 1.63. The molecule has 0 aliphatic carbocycles. The molecule has 0 saturated carbocycles. The second-order valence-electron chi connectivity index (χ2n) is 12.6. The summed E-state index contributed by atoms with van der Waals surface area (Å²) in [5, 5.41) is 4.40. The summed E-state index contributed by atoms with van der Waals surface area (Å²) < 4.78 is 10.9. The van der Waals surface area contributed by atoms with Crippen molar-refractivity contribution < 1.29 is 25.5 Å². The van der Waals surface area contributed by atoms with Gasteiger partial charge in [0.05, 0.1) is 5.69 Å². The van der Waals surface area contributed by atoms with Crippen molar-refractivity contribution in [2.45, 2.75) is 0 Å². The number of benzene rings is 4. The smallest absolute Gasteiger partial charge is 0.450 e. The van der Waals surface area contributed by atoms with Gasteiger partial charge in [0.1, 0.15) is 22.7 Å². The Morgan fingerprint density at radius 3 is 1.60 bits per heavy atom. The van der Waals surface area contributed by atoms with E-state index in [1.165, 1.54) is 0 Å². The fourth-order valence-corrected chi connectivity index (χ4v) is 7.51. The Balaban J connectivity index is 0.00000349. The maximum atomic E-state index is 6.54. The molecule has 252 valence electrons. The topological polar surface area (TPSA) is 77.8 Å². The molecule has 0 aliphatic rings. The van der Waals surface area contributed by atoms with Crippen molar-refractivity contribution in [1.29, 1.82) is 0 Å². The number of anilines is 3. The number of pyridine rings is 4. The van der Waals surface area contributed by atoms with Crippen LogP contribution in [-0.4, -0.2) is 29.1 Å². The molecule has 0 fully saturated rings. The quantitative estimate of drug-likeness (QED) is 0.160. The molecule has 0 saturated heterocycles. The van der Waals surface area contributed by atoms with E-state index in [0.717, 1.165) is 72.3 Å². The molecule has 9 heteroatoms. The third kappa shape index (κ3) is 4.73. The van der Waals surface area contributed by atoms with Gasteiger partial charge in [-0.2, -0.15) is 12.1 Å². The van der Waals surface area contributed by atoms with E-state index in [-0.39, 0.29) is 21.1 Å².